The van der Waals surface area contributed by atoms with E-state index < -0.39 is 0 Å². The maximum absolute atomic E-state index is 13.3. The number of ether oxygens (including phenoxy) is 2. The van der Waals surface area contributed by atoms with E-state index in [1.807, 2.05) is 24.0 Å². The monoisotopic (exact) mass is 437 g/mol. The summed E-state index contributed by atoms with van der Waals surface area (Å²) in [6.07, 6.45) is 1.50. The van der Waals surface area contributed by atoms with Crippen LogP contribution in [0.3, 0.4) is 0 Å². The lowest BCUT2D eigenvalue weighted by Crippen LogP contribution is -2.40. The van der Waals surface area contributed by atoms with Crippen molar-refractivity contribution in [3.8, 4) is 11.6 Å². The van der Waals surface area contributed by atoms with Crippen LogP contribution in [0, 0.1) is 18.7 Å². The highest BCUT2D eigenvalue weighted by molar-refractivity contribution is 5.79. The van der Waals surface area contributed by atoms with Crippen molar-refractivity contribution in [1.29, 1.82) is 0 Å². The number of hydrogen-bond donors (Lipinski definition) is 0. The predicted octanol–water partition coefficient (Wildman–Crippen LogP) is 2.61. The van der Waals surface area contributed by atoms with Gasteiger partial charge in [0, 0.05) is 32.2 Å². The number of benzene rings is 1. The maximum Gasteiger partial charge on any atom is 0.228 e. The lowest BCUT2D eigenvalue weighted by Gasteiger charge is -2.30. The zero-order valence-corrected chi connectivity index (χ0v) is 17.8. The van der Waals surface area contributed by atoms with Crippen molar-refractivity contribution in [3.63, 3.8) is 0 Å². The summed E-state index contributed by atoms with van der Waals surface area (Å²) in [5.74, 6) is 0.359. The molecule has 0 bridgehead atoms. The molecule has 0 N–H and O–H groups in total. The molecule has 0 aliphatic carbocycles. The van der Waals surface area contributed by atoms with Crippen LogP contribution >= 0.6 is 0 Å². The minimum Gasteiger partial charge on any atom is -0.471 e. The molecule has 4 heterocycles. The summed E-state index contributed by atoms with van der Waals surface area (Å²) in [5.41, 5.74) is 4.21. The molecule has 1 amide bonds. The molecule has 5 rings (SSSR count). The number of rotatable bonds is 5. The Labute approximate surface area is 185 Å². The first-order valence-corrected chi connectivity index (χ1v) is 10.7. The Morgan fingerprint density at radius 2 is 2.09 bits per heavy atom. The molecular formula is C23H24FN5O3. The molecule has 2 aliphatic rings. The molecule has 32 heavy (non-hydrogen) atoms. The van der Waals surface area contributed by atoms with E-state index in [-0.39, 0.29) is 24.2 Å². The normalized spacial score (nSPS) is 17.9. The highest BCUT2D eigenvalue weighted by atomic mass is 19.1. The van der Waals surface area contributed by atoms with Crippen molar-refractivity contribution in [1.82, 2.24) is 24.9 Å². The van der Waals surface area contributed by atoms with Gasteiger partial charge in [0.05, 0.1) is 29.6 Å². The van der Waals surface area contributed by atoms with Crippen molar-refractivity contribution in [2.24, 2.45) is 5.92 Å². The molecule has 2 aromatic heterocycles. The van der Waals surface area contributed by atoms with Gasteiger partial charge in [0.1, 0.15) is 18.1 Å². The lowest BCUT2D eigenvalue weighted by molar-refractivity contribution is -0.136. The first-order chi connectivity index (χ1) is 15.6. The molecule has 3 aromatic rings. The molecule has 0 radical (unpaired) electrons. The van der Waals surface area contributed by atoms with E-state index in [4.69, 9.17) is 9.47 Å². The fourth-order valence-corrected chi connectivity index (χ4v) is 4.13. The highest BCUT2D eigenvalue weighted by Gasteiger charge is 2.30. The highest BCUT2D eigenvalue weighted by Crippen LogP contribution is 2.24. The van der Waals surface area contributed by atoms with Gasteiger partial charge in [-0.05, 0) is 43.2 Å². The molecule has 0 saturated carbocycles. The second-order valence-electron chi connectivity index (χ2n) is 8.12. The van der Waals surface area contributed by atoms with E-state index in [9.17, 15) is 9.18 Å². The van der Waals surface area contributed by atoms with Gasteiger partial charge >= 0.3 is 0 Å². The number of carbonyl (C=O) groups is 1. The van der Waals surface area contributed by atoms with Crippen LogP contribution in [-0.2, 0) is 29.1 Å². The quantitative estimate of drug-likeness (QED) is 0.610. The molecule has 1 fully saturated rings. The Morgan fingerprint density at radius 1 is 1.25 bits per heavy atom. The Morgan fingerprint density at radius 3 is 2.88 bits per heavy atom. The number of carbonyl (C=O) groups excluding carboxylic acids is 1. The number of aromatic nitrogens is 4. The molecule has 1 atom stereocenters. The minimum absolute atomic E-state index is 0.0186. The zero-order chi connectivity index (χ0) is 22.1. The van der Waals surface area contributed by atoms with Gasteiger partial charge in [-0.25, -0.2) is 14.1 Å². The van der Waals surface area contributed by atoms with E-state index in [0.29, 0.717) is 44.3 Å². The minimum atomic E-state index is -0.307. The average Bonchev–Trinajstić information content (AvgIpc) is 3.47. The molecule has 2 aliphatic heterocycles. The third-order valence-corrected chi connectivity index (χ3v) is 6.00. The van der Waals surface area contributed by atoms with Crippen LogP contribution < -0.4 is 4.74 Å². The van der Waals surface area contributed by atoms with Crippen LogP contribution in [0.1, 0.15) is 29.1 Å². The van der Waals surface area contributed by atoms with Crippen LogP contribution in [0.15, 0.2) is 36.4 Å². The molecule has 0 spiro atoms. The summed E-state index contributed by atoms with van der Waals surface area (Å²) in [5, 5.41) is 8.28. The van der Waals surface area contributed by atoms with E-state index >= 15 is 0 Å². The Balaban J connectivity index is 1.27. The summed E-state index contributed by atoms with van der Waals surface area (Å²) < 4.78 is 26.2. The third-order valence-electron chi connectivity index (χ3n) is 6.00. The van der Waals surface area contributed by atoms with E-state index in [2.05, 4.69) is 15.3 Å². The first kappa shape index (κ1) is 20.6. The molecule has 1 saturated heterocycles. The van der Waals surface area contributed by atoms with Crippen LogP contribution in [0.4, 0.5) is 4.39 Å². The van der Waals surface area contributed by atoms with Crippen molar-refractivity contribution < 1.29 is 18.7 Å². The Hall–Kier alpha value is -3.33. The van der Waals surface area contributed by atoms with Gasteiger partial charge in [-0.3, -0.25) is 4.79 Å². The molecule has 9 heteroatoms. The average molecular weight is 437 g/mol. The van der Waals surface area contributed by atoms with Crippen molar-refractivity contribution >= 4 is 5.91 Å². The van der Waals surface area contributed by atoms with Crippen LogP contribution in [0.25, 0.3) is 5.69 Å². The fraction of sp³-hybridized carbons (Fsp3) is 0.391. The standard InChI is InChI=1S/C23H24FN5O3/c1-15-21(29(27-26-15)19-5-3-18(24)4-6-19)14-32-22-7-2-16-12-28(10-8-20(16)25-22)23(30)17-9-11-31-13-17/h2-7,17H,8-14H2,1H3. The summed E-state index contributed by atoms with van der Waals surface area (Å²) in [4.78, 5) is 19.2. The Bertz CT molecular complexity index is 1130. The smallest absolute Gasteiger partial charge is 0.228 e. The summed E-state index contributed by atoms with van der Waals surface area (Å²) >= 11 is 0. The number of hydrogen-bond acceptors (Lipinski definition) is 6. The van der Waals surface area contributed by atoms with Gasteiger partial charge in [-0.1, -0.05) is 11.3 Å². The maximum atomic E-state index is 13.3. The predicted molar refractivity (Wildman–Crippen MR) is 113 cm³/mol. The number of halogens is 1. The number of pyridine rings is 1. The number of amides is 1. The summed E-state index contributed by atoms with van der Waals surface area (Å²) in [6.45, 7) is 4.49. The molecule has 8 nitrogen and oxygen atoms in total. The Kier molecular flexibility index (Phi) is 5.57. The van der Waals surface area contributed by atoms with Crippen molar-refractivity contribution in [2.75, 3.05) is 19.8 Å². The van der Waals surface area contributed by atoms with Crippen LogP contribution in [0.5, 0.6) is 5.88 Å². The van der Waals surface area contributed by atoms with Gasteiger partial charge in [-0.15, -0.1) is 5.10 Å². The second kappa shape index (κ2) is 8.66. The first-order valence-electron chi connectivity index (χ1n) is 10.7. The lowest BCUT2D eigenvalue weighted by atomic mass is 10.0. The van der Waals surface area contributed by atoms with Crippen molar-refractivity contribution in [3.05, 3.63) is 64.9 Å². The summed E-state index contributed by atoms with van der Waals surface area (Å²) in [7, 11) is 0. The SMILES string of the molecule is Cc1nnn(-c2ccc(F)cc2)c1COc1ccc2c(n1)CCN(C(=O)C1CCOC1)C2. The van der Waals surface area contributed by atoms with Gasteiger partial charge in [-0.2, -0.15) is 0 Å². The van der Waals surface area contributed by atoms with Gasteiger partial charge in [0.25, 0.3) is 0 Å². The number of nitrogens with zero attached hydrogens (tertiary/aromatic N) is 5. The van der Waals surface area contributed by atoms with E-state index in [1.165, 1.54) is 12.1 Å². The number of aryl methyl sites for hydroxylation is 1. The summed E-state index contributed by atoms with van der Waals surface area (Å²) in [6, 6.07) is 9.87. The zero-order valence-electron chi connectivity index (χ0n) is 17.8. The fourth-order valence-electron chi connectivity index (χ4n) is 4.13. The van der Waals surface area contributed by atoms with E-state index in [0.717, 1.165) is 29.1 Å². The third kappa shape index (κ3) is 4.08. The van der Waals surface area contributed by atoms with E-state index in [1.54, 1.807) is 16.8 Å². The largest absolute Gasteiger partial charge is 0.471 e. The van der Waals surface area contributed by atoms with Crippen LogP contribution in [-0.4, -0.2) is 50.5 Å². The second-order valence-corrected chi connectivity index (χ2v) is 8.12. The number of fused-ring (bicyclic) bond motifs is 1. The van der Waals surface area contributed by atoms with Gasteiger partial charge < -0.3 is 14.4 Å². The molecular weight excluding hydrogens is 413 g/mol. The molecule has 1 unspecified atom stereocenters. The topological polar surface area (TPSA) is 82.4 Å². The van der Waals surface area contributed by atoms with Crippen LogP contribution in [0.2, 0.25) is 0 Å². The molecule has 1 aromatic carbocycles. The van der Waals surface area contributed by atoms with Gasteiger partial charge in [0.2, 0.25) is 11.8 Å². The molecule has 166 valence electrons. The van der Waals surface area contributed by atoms with Gasteiger partial charge in [0.15, 0.2) is 0 Å². The van der Waals surface area contributed by atoms with Crippen molar-refractivity contribution in [2.45, 2.75) is 32.9 Å².